The molecular formula is C12H16BrNO. The molecule has 2 rings (SSSR count). The zero-order chi connectivity index (χ0) is 10.7. The first-order valence-electron chi connectivity index (χ1n) is 5.54. The van der Waals surface area contributed by atoms with Crippen LogP contribution in [0.15, 0.2) is 16.7 Å². The maximum Gasteiger partial charge on any atom is 0.213 e. The van der Waals surface area contributed by atoms with Crippen molar-refractivity contribution >= 4 is 15.9 Å². The highest BCUT2D eigenvalue weighted by molar-refractivity contribution is 9.10. The highest BCUT2D eigenvalue weighted by Gasteiger charge is 2.15. The van der Waals surface area contributed by atoms with Crippen LogP contribution in [0.3, 0.4) is 0 Å². The second kappa shape index (κ2) is 4.97. The van der Waals surface area contributed by atoms with Gasteiger partial charge in [-0.1, -0.05) is 6.42 Å². The average Bonchev–Trinajstić information content (AvgIpc) is 2.25. The van der Waals surface area contributed by atoms with Crippen LogP contribution in [-0.4, -0.2) is 11.1 Å². The SMILES string of the molecule is Cc1cc(OC2CCCCC2)ncc1Br. The van der Waals surface area contributed by atoms with Gasteiger partial charge >= 0.3 is 0 Å². The lowest BCUT2D eigenvalue weighted by molar-refractivity contribution is 0.148. The number of hydrogen-bond acceptors (Lipinski definition) is 2. The Kier molecular flexibility index (Phi) is 3.62. The zero-order valence-electron chi connectivity index (χ0n) is 9.00. The Hall–Kier alpha value is -0.570. The van der Waals surface area contributed by atoms with Crippen LogP contribution in [0.4, 0.5) is 0 Å². The number of nitrogens with zero attached hydrogens (tertiary/aromatic N) is 1. The fourth-order valence-electron chi connectivity index (χ4n) is 1.93. The fourth-order valence-corrected chi connectivity index (χ4v) is 2.15. The van der Waals surface area contributed by atoms with Crippen LogP contribution >= 0.6 is 15.9 Å². The van der Waals surface area contributed by atoms with Crippen molar-refractivity contribution in [3.05, 3.63) is 22.3 Å². The smallest absolute Gasteiger partial charge is 0.213 e. The summed E-state index contributed by atoms with van der Waals surface area (Å²) in [5.74, 6) is 0.766. The molecule has 0 N–H and O–H groups in total. The molecular weight excluding hydrogens is 254 g/mol. The Morgan fingerprint density at radius 2 is 2.07 bits per heavy atom. The van der Waals surface area contributed by atoms with Gasteiger partial charge in [0.15, 0.2) is 0 Å². The summed E-state index contributed by atoms with van der Waals surface area (Å²) in [5, 5.41) is 0. The van der Waals surface area contributed by atoms with Crippen LogP contribution in [-0.2, 0) is 0 Å². The second-order valence-electron chi connectivity index (χ2n) is 4.15. The first kappa shape index (κ1) is 10.9. The van der Waals surface area contributed by atoms with E-state index in [1.54, 1.807) is 0 Å². The van der Waals surface area contributed by atoms with Crippen molar-refractivity contribution < 1.29 is 4.74 Å². The topological polar surface area (TPSA) is 22.1 Å². The Morgan fingerprint density at radius 1 is 1.33 bits per heavy atom. The van der Waals surface area contributed by atoms with Crippen molar-refractivity contribution in [3.63, 3.8) is 0 Å². The molecule has 0 unspecified atom stereocenters. The summed E-state index contributed by atoms with van der Waals surface area (Å²) in [6, 6.07) is 2.00. The van der Waals surface area contributed by atoms with E-state index in [0.717, 1.165) is 10.4 Å². The van der Waals surface area contributed by atoms with E-state index in [0.29, 0.717) is 6.10 Å². The molecule has 3 heteroatoms. The van der Waals surface area contributed by atoms with Crippen LogP contribution in [0.2, 0.25) is 0 Å². The van der Waals surface area contributed by atoms with Crippen LogP contribution in [0.1, 0.15) is 37.7 Å². The van der Waals surface area contributed by atoms with E-state index >= 15 is 0 Å². The first-order valence-corrected chi connectivity index (χ1v) is 6.34. The summed E-state index contributed by atoms with van der Waals surface area (Å²) in [6.45, 7) is 2.06. The number of aromatic nitrogens is 1. The van der Waals surface area contributed by atoms with E-state index in [9.17, 15) is 0 Å². The monoisotopic (exact) mass is 269 g/mol. The molecule has 15 heavy (non-hydrogen) atoms. The lowest BCUT2D eigenvalue weighted by Gasteiger charge is -2.22. The maximum atomic E-state index is 5.86. The summed E-state index contributed by atoms with van der Waals surface area (Å²) >= 11 is 3.44. The minimum atomic E-state index is 0.381. The number of pyridine rings is 1. The minimum Gasteiger partial charge on any atom is -0.474 e. The third kappa shape index (κ3) is 2.94. The highest BCUT2D eigenvalue weighted by atomic mass is 79.9. The predicted octanol–water partition coefficient (Wildman–Crippen LogP) is 3.86. The molecule has 2 nitrogen and oxygen atoms in total. The van der Waals surface area contributed by atoms with Crippen molar-refractivity contribution in [3.8, 4) is 5.88 Å². The van der Waals surface area contributed by atoms with E-state index in [1.165, 1.54) is 37.7 Å². The van der Waals surface area contributed by atoms with Crippen LogP contribution in [0.5, 0.6) is 5.88 Å². The molecule has 1 aromatic heterocycles. The summed E-state index contributed by atoms with van der Waals surface area (Å²) in [7, 11) is 0. The molecule has 0 aromatic carbocycles. The Morgan fingerprint density at radius 3 is 2.73 bits per heavy atom. The molecule has 1 aliphatic carbocycles. The third-order valence-corrected chi connectivity index (χ3v) is 3.69. The molecule has 0 aliphatic heterocycles. The molecule has 0 atom stereocenters. The first-order chi connectivity index (χ1) is 7.25. The van der Waals surface area contributed by atoms with Gasteiger partial charge < -0.3 is 4.74 Å². The molecule has 0 bridgehead atoms. The standard InChI is InChI=1S/C12H16BrNO/c1-9-7-12(14-8-11(9)13)15-10-5-3-2-4-6-10/h7-8,10H,2-6H2,1H3. The van der Waals surface area contributed by atoms with Crippen LogP contribution < -0.4 is 4.74 Å². The Labute approximate surface area is 99.2 Å². The predicted molar refractivity (Wildman–Crippen MR) is 64.2 cm³/mol. The van der Waals surface area contributed by atoms with Gasteiger partial charge in [0.1, 0.15) is 6.10 Å². The van der Waals surface area contributed by atoms with Crippen molar-refractivity contribution in [1.82, 2.24) is 4.98 Å². The van der Waals surface area contributed by atoms with Gasteiger partial charge in [-0.2, -0.15) is 0 Å². The number of aryl methyl sites for hydroxylation is 1. The normalized spacial score (nSPS) is 17.7. The van der Waals surface area contributed by atoms with Gasteiger partial charge in [0.2, 0.25) is 5.88 Å². The van der Waals surface area contributed by atoms with Crippen molar-refractivity contribution in [2.24, 2.45) is 0 Å². The molecule has 1 aliphatic rings. The Bertz CT molecular complexity index is 334. The van der Waals surface area contributed by atoms with Gasteiger partial charge in [-0.25, -0.2) is 4.98 Å². The summed E-state index contributed by atoms with van der Waals surface area (Å²) in [6.07, 6.45) is 8.49. The van der Waals surface area contributed by atoms with Crippen LogP contribution in [0, 0.1) is 6.92 Å². The number of rotatable bonds is 2. The van der Waals surface area contributed by atoms with E-state index in [-0.39, 0.29) is 0 Å². The minimum absolute atomic E-state index is 0.381. The largest absolute Gasteiger partial charge is 0.474 e. The molecule has 1 heterocycles. The maximum absolute atomic E-state index is 5.86. The molecule has 82 valence electrons. The number of ether oxygens (including phenoxy) is 1. The number of halogens is 1. The molecule has 0 amide bonds. The van der Waals surface area contributed by atoms with E-state index in [1.807, 2.05) is 12.3 Å². The molecule has 0 radical (unpaired) electrons. The van der Waals surface area contributed by atoms with Gasteiger partial charge in [-0.3, -0.25) is 0 Å². The van der Waals surface area contributed by atoms with Gasteiger partial charge in [0, 0.05) is 16.7 Å². The molecule has 1 fully saturated rings. The molecule has 1 saturated carbocycles. The third-order valence-electron chi connectivity index (χ3n) is 2.86. The van der Waals surface area contributed by atoms with Gasteiger partial charge in [-0.15, -0.1) is 0 Å². The van der Waals surface area contributed by atoms with Crippen LogP contribution in [0.25, 0.3) is 0 Å². The number of hydrogen-bond donors (Lipinski definition) is 0. The zero-order valence-corrected chi connectivity index (χ0v) is 10.6. The highest BCUT2D eigenvalue weighted by Crippen LogP contribution is 2.24. The quantitative estimate of drug-likeness (QED) is 0.814. The van der Waals surface area contributed by atoms with E-state index in [4.69, 9.17) is 4.74 Å². The van der Waals surface area contributed by atoms with Crippen molar-refractivity contribution in [2.75, 3.05) is 0 Å². The molecule has 1 aromatic rings. The van der Waals surface area contributed by atoms with Crippen molar-refractivity contribution in [1.29, 1.82) is 0 Å². The van der Waals surface area contributed by atoms with Crippen molar-refractivity contribution in [2.45, 2.75) is 45.1 Å². The summed E-state index contributed by atoms with van der Waals surface area (Å²) in [5.41, 5.74) is 1.18. The van der Waals surface area contributed by atoms with E-state index in [2.05, 4.69) is 27.8 Å². The van der Waals surface area contributed by atoms with E-state index < -0.39 is 0 Å². The van der Waals surface area contributed by atoms with Gasteiger partial charge in [0.25, 0.3) is 0 Å². The average molecular weight is 270 g/mol. The summed E-state index contributed by atoms with van der Waals surface area (Å²) in [4.78, 5) is 4.26. The van der Waals surface area contributed by atoms with Gasteiger partial charge in [-0.05, 0) is 54.1 Å². The fraction of sp³-hybridized carbons (Fsp3) is 0.583. The lowest BCUT2D eigenvalue weighted by Crippen LogP contribution is -2.20. The summed E-state index contributed by atoms with van der Waals surface area (Å²) < 4.78 is 6.90. The molecule has 0 saturated heterocycles. The lowest BCUT2D eigenvalue weighted by atomic mass is 9.98. The van der Waals surface area contributed by atoms with Gasteiger partial charge in [0.05, 0.1) is 0 Å². The second-order valence-corrected chi connectivity index (χ2v) is 5.00. The molecule has 0 spiro atoms. The Balaban J connectivity index is 2.00.